The number of benzene rings is 1. The lowest BCUT2D eigenvalue weighted by Gasteiger charge is -2.10. The number of hydrogen-bond donors (Lipinski definition) is 1. The van der Waals surface area contributed by atoms with E-state index in [-0.39, 0.29) is 5.75 Å². The molecule has 0 aliphatic carbocycles. The zero-order chi connectivity index (χ0) is 13.1. The highest BCUT2D eigenvalue weighted by atomic mass is 19.1. The molecule has 4 nitrogen and oxygen atoms in total. The summed E-state index contributed by atoms with van der Waals surface area (Å²) in [6.07, 6.45) is 3.59. The van der Waals surface area contributed by atoms with Crippen LogP contribution in [0.4, 0.5) is 10.1 Å². The molecule has 0 bridgehead atoms. The highest BCUT2D eigenvalue weighted by molar-refractivity contribution is 5.50. The highest BCUT2D eigenvalue weighted by Gasteiger charge is 2.06. The number of nitrogens with two attached hydrogens (primary N) is 1. The molecular weight excluding hydrogens is 233 g/mol. The Labute approximate surface area is 105 Å². The first-order chi connectivity index (χ1) is 8.58. The smallest absolute Gasteiger partial charge is 0.167 e. The first-order valence-corrected chi connectivity index (χ1v) is 5.74. The van der Waals surface area contributed by atoms with Crippen LogP contribution in [0.15, 0.2) is 24.5 Å². The minimum absolute atomic E-state index is 0.236. The van der Waals surface area contributed by atoms with E-state index in [0.29, 0.717) is 18.8 Å². The Kier molecular flexibility index (Phi) is 3.50. The topological polar surface area (TPSA) is 53.1 Å². The summed E-state index contributed by atoms with van der Waals surface area (Å²) >= 11 is 0. The third kappa shape index (κ3) is 2.61. The van der Waals surface area contributed by atoms with E-state index in [1.54, 1.807) is 12.3 Å². The van der Waals surface area contributed by atoms with Gasteiger partial charge in [0.15, 0.2) is 11.6 Å². The molecule has 1 aromatic heterocycles. The van der Waals surface area contributed by atoms with Gasteiger partial charge in [-0.2, -0.15) is 0 Å². The molecule has 0 amide bonds. The number of ether oxygens (including phenoxy) is 1. The number of hydrogen-bond acceptors (Lipinski definition) is 3. The van der Waals surface area contributed by atoms with E-state index in [4.69, 9.17) is 10.5 Å². The minimum atomic E-state index is -0.430. The number of aryl methyl sites for hydroxylation is 2. The first-order valence-electron chi connectivity index (χ1n) is 5.74. The molecule has 0 spiro atoms. The van der Waals surface area contributed by atoms with Crippen molar-refractivity contribution in [1.29, 1.82) is 0 Å². The molecule has 2 rings (SSSR count). The fourth-order valence-corrected chi connectivity index (χ4v) is 1.68. The van der Waals surface area contributed by atoms with E-state index >= 15 is 0 Å². The second-order valence-corrected chi connectivity index (χ2v) is 4.16. The molecule has 96 valence electrons. The van der Waals surface area contributed by atoms with E-state index in [9.17, 15) is 4.39 Å². The first kappa shape index (κ1) is 12.4. The van der Waals surface area contributed by atoms with E-state index in [1.807, 2.05) is 24.6 Å². The maximum atomic E-state index is 13.6. The molecule has 0 unspecified atom stereocenters. The molecule has 5 heteroatoms. The SMILES string of the molecule is Cc1cc(OCCn2ccnc2C)c(F)cc1N. The average Bonchev–Trinajstić information content (AvgIpc) is 2.72. The number of anilines is 1. The van der Waals surface area contributed by atoms with Crippen LogP contribution in [0, 0.1) is 19.7 Å². The normalized spacial score (nSPS) is 10.6. The van der Waals surface area contributed by atoms with Gasteiger partial charge in [-0.25, -0.2) is 9.37 Å². The number of aromatic nitrogens is 2. The molecule has 0 saturated heterocycles. The number of nitrogen functional groups attached to an aromatic ring is 1. The Balaban J connectivity index is 1.99. The quantitative estimate of drug-likeness (QED) is 0.846. The monoisotopic (exact) mass is 249 g/mol. The van der Waals surface area contributed by atoms with Gasteiger partial charge >= 0.3 is 0 Å². The second-order valence-electron chi connectivity index (χ2n) is 4.16. The van der Waals surface area contributed by atoms with Crippen molar-refractivity contribution in [1.82, 2.24) is 9.55 Å². The van der Waals surface area contributed by atoms with Crippen LogP contribution < -0.4 is 10.5 Å². The van der Waals surface area contributed by atoms with Gasteiger partial charge in [-0.15, -0.1) is 0 Å². The zero-order valence-electron chi connectivity index (χ0n) is 10.5. The molecular formula is C13H16FN3O. The van der Waals surface area contributed by atoms with Crippen molar-refractivity contribution < 1.29 is 9.13 Å². The van der Waals surface area contributed by atoms with Gasteiger partial charge in [-0.1, -0.05) is 0 Å². The van der Waals surface area contributed by atoms with Gasteiger partial charge in [0.2, 0.25) is 0 Å². The lowest BCUT2D eigenvalue weighted by molar-refractivity contribution is 0.283. The third-order valence-corrected chi connectivity index (χ3v) is 2.83. The van der Waals surface area contributed by atoms with Crippen molar-refractivity contribution in [3.05, 3.63) is 41.7 Å². The Morgan fingerprint density at radius 1 is 1.39 bits per heavy atom. The molecule has 1 aromatic carbocycles. The average molecular weight is 249 g/mol. The van der Waals surface area contributed by atoms with Gasteiger partial charge in [0.1, 0.15) is 12.4 Å². The molecule has 0 atom stereocenters. The van der Waals surface area contributed by atoms with Gasteiger partial charge in [0.05, 0.1) is 6.54 Å². The maximum absolute atomic E-state index is 13.6. The van der Waals surface area contributed by atoms with Crippen LogP contribution in [0.25, 0.3) is 0 Å². The predicted octanol–water partition coefficient (Wildman–Crippen LogP) is 2.30. The Bertz CT molecular complexity index is 551. The maximum Gasteiger partial charge on any atom is 0.167 e. The Morgan fingerprint density at radius 2 is 2.17 bits per heavy atom. The van der Waals surface area contributed by atoms with Gasteiger partial charge < -0.3 is 15.0 Å². The number of rotatable bonds is 4. The van der Waals surface area contributed by atoms with Crippen LogP contribution in [0.3, 0.4) is 0 Å². The fraction of sp³-hybridized carbons (Fsp3) is 0.308. The highest BCUT2D eigenvalue weighted by Crippen LogP contribution is 2.23. The van der Waals surface area contributed by atoms with Crippen molar-refractivity contribution >= 4 is 5.69 Å². The van der Waals surface area contributed by atoms with Crippen LogP contribution in [0.2, 0.25) is 0 Å². The third-order valence-electron chi connectivity index (χ3n) is 2.83. The zero-order valence-corrected chi connectivity index (χ0v) is 10.5. The van der Waals surface area contributed by atoms with Crippen molar-refractivity contribution in [2.45, 2.75) is 20.4 Å². The molecule has 0 aliphatic heterocycles. The summed E-state index contributed by atoms with van der Waals surface area (Å²) in [6.45, 7) is 4.75. The summed E-state index contributed by atoms with van der Waals surface area (Å²) in [6, 6.07) is 2.90. The molecule has 18 heavy (non-hydrogen) atoms. The van der Waals surface area contributed by atoms with Crippen molar-refractivity contribution in [3.63, 3.8) is 0 Å². The Hall–Kier alpha value is -2.04. The molecule has 2 aromatic rings. The van der Waals surface area contributed by atoms with Crippen LogP contribution in [0.5, 0.6) is 5.75 Å². The van der Waals surface area contributed by atoms with E-state index < -0.39 is 5.82 Å². The largest absolute Gasteiger partial charge is 0.489 e. The Morgan fingerprint density at radius 3 is 2.83 bits per heavy atom. The van der Waals surface area contributed by atoms with Gasteiger partial charge in [-0.05, 0) is 25.5 Å². The summed E-state index contributed by atoms with van der Waals surface area (Å²) in [5.74, 6) is 0.715. The molecule has 0 saturated carbocycles. The molecule has 2 N–H and O–H groups in total. The molecule has 0 radical (unpaired) electrons. The minimum Gasteiger partial charge on any atom is -0.489 e. The van der Waals surface area contributed by atoms with Crippen molar-refractivity contribution in [2.24, 2.45) is 0 Å². The summed E-state index contributed by atoms with van der Waals surface area (Å²) < 4.78 is 20.9. The van der Waals surface area contributed by atoms with Gasteiger partial charge in [0, 0.05) is 24.1 Å². The van der Waals surface area contributed by atoms with Crippen LogP contribution in [-0.4, -0.2) is 16.2 Å². The lowest BCUT2D eigenvalue weighted by atomic mass is 10.2. The number of nitrogens with zero attached hydrogens (tertiary/aromatic N) is 2. The molecule has 0 aliphatic rings. The van der Waals surface area contributed by atoms with Gasteiger partial charge in [0.25, 0.3) is 0 Å². The standard InChI is InChI=1S/C13H16FN3O/c1-9-7-13(11(14)8-12(9)15)18-6-5-17-4-3-16-10(17)2/h3-4,7-8H,5-6,15H2,1-2H3. The summed E-state index contributed by atoms with van der Waals surface area (Å²) in [4.78, 5) is 4.10. The lowest BCUT2D eigenvalue weighted by Crippen LogP contribution is -2.09. The summed E-state index contributed by atoms with van der Waals surface area (Å²) in [5, 5.41) is 0. The molecule has 1 heterocycles. The van der Waals surface area contributed by atoms with Gasteiger partial charge in [-0.3, -0.25) is 0 Å². The van der Waals surface area contributed by atoms with Crippen LogP contribution >= 0.6 is 0 Å². The van der Waals surface area contributed by atoms with E-state index in [0.717, 1.165) is 11.4 Å². The number of imidazole rings is 1. The van der Waals surface area contributed by atoms with Crippen molar-refractivity contribution in [3.8, 4) is 5.75 Å². The van der Waals surface area contributed by atoms with Crippen molar-refractivity contribution in [2.75, 3.05) is 12.3 Å². The summed E-state index contributed by atoms with van der Waals surface area (Å²) in [7, 11) is 0. The molecule has 0 fully saturated rings. The van der Waals surface area contributed by atoms with Crippen LogP contribution in [-0.2, 0) is 6.54 Å². The number of halogens is 1. The fourth-order valence-electron chi connectivity index (χ4n) is 1.68. The predicted molar refractivity (Wildman–Crippen MR) is 68.0 cm³/mol. The van der Waals surface area contributed by atoms with Crippen LogP contribution in [0.1, 0.15) is 11.4 Å². The second kappa shape index (κ2) is 5.08. The van der Waals surface area contributed by atoms with E-state index in [1.165, 1.54) is 6.07 Å². The summed E-state index contributed by atoms with van der Waals surface area (Å²) in [5.41, 5.74) is 6.85. The van der Waals surface area contributed by atoms with E-state index in [2.05, 4.69) is 4.98 Å².